The van der Waals surface area contributed by atoms with Crippen LogP contribution in [0.25, 0.3) is 11.1 Å². The number of nitrogens with one attached hydrogen (secondary N) is 1. The SMILES string of the molecule is CN1C(=O)[C@]2(CC(=O)Nc3c2sc(C(=O)O)c3-c2ccccc2)c2cc(F)ccc21. The maximum atomic E-state index is 14.2. The summed E-state index contributed by atoms with van der Waals surface area (Å²) in [6.07, 6.45) is -0.215. The highest BCUT2D eigenvalue weighted by molar-refractivity contribution is 7.15. The average molecular weight is 422 g/mol. The summed E-state index contributed by atoms with van der Waals surface area (Å²) in [5, 5.41) is 12.7. The Labute approximate surface area is 174 Å². The van der Waals surface area contributed by atoms with Crippen LogP contribution in [0.5, 0.6) is 0 Å². The molecule has 0 saturated carbocycles. The first-order chi connectivity index (χ1) is 14.3. The van der Waals surface area contributed by atoms with Crippen molar-refractivity contribution >= 4 is 40.5 Å². The van der Waals surface area contributed by atoms with E-state index in [0.29, 0.717) is 32.9 Å². The van der Waals surface area contributed by atoms with Crippen LogP contribution in [-0.4, -0.2) is 29.9 Å². The molecule has 30 heavy (non-hydrogen) atoms. The van der Waals surface area contributed by atoms with Gasteiger partial charge < -0.3 is 15.3 Å². The van der Waals surface area contributed by atoms with Gasteiger partial charge >= 0.3 is 5.97 Å². The minimum Gasteiger partial charge on any atom is -0.477 e. The summed E-state index contributed by atoms with van der Waals surface area (Å²) in [6, 6.07) is 12.9. The third-order valence-electron chi connectivity index (χ3n) is 5.69. The monoisotopic (exact) mass is 422 g/mol. The van der Waals surface area contributed by atoms with Gasteiger partial charge in [-0.15, -0.1) is 11.3 Å². The van der Waals surface area contributed by atoms with Gasteiger partial charge in [-0.05, 0) is 23.8 Å². The number of amides is 2. The predicted molar refractivity (Wildman–Crippen MR) is 111 cm³/mol. The van der Waals surface area contributed by atoms with Crippen LogP contribution in [0.2, 0.25) is 0 Å². The Hall–Kier alpha value is -3.52. The second-order valence-electron chi connectivity index (χ2n) is 7.34. The molecule has 0 aliphatic carbocycles. The zero-order chi connectivity index (χ0) is 21.2. The maximum Gasteiger partial charge on any atom is 0.346 e. The van der Waals surface area contributed by atoms with Gasteiger partial charge in [0.2, 0.25) is 11.8 Å². The van der Waals surface area contributed by atoms with E-state index in [-0.39, 0.29) is 17.2 Å². The smallest absolute Gasteiger partial charge is 0.346 e. The molecule has 1 atom stereocenters. The van der Waals surface area contributed by atoms with Crippen molar-refractivity contribution in [3.8, 4) is 11.1 Å². The van der Waals surface area contributed by atoms with Gasteiger partial charge in [0, 0.05) is 23.9 Å². The lowest BCUT2D eigenvalue weighted by Crippen LogP contribution is -2.45. The van der Waals surface area contributed by atoms with E-state index in [1.165, 1.54) is 23.1 Å². The number of benzene rings is 2. The molecule has 2 N–H and O–H groups in total. The maximum absolute atomic E-state index is 14.2. The van der Waals surface area contributed by atoms with Gasteiger partial charge in [0.25, 0.3) is 0 Å². The third kappa shape index (κ3) is 2.31. The van der Waals surface area contributed by atoms with Crippen molar-refractivity contribution < 1.29 is 23.9 Å². The summed E-state index contributed by atoms with van der Waals surface area (Å²) >= 11 is 0.954. The molecule has 3 heterocycles. The van der Waals surface area contributed by atoms with Gasteiger partial charge in [-0.25, -0.2) is 9.18 Å². The summed E-state index contributed by atoms with van der Waals surface area (Å²) < 4.78 is 14.2. The van der Waals surface area contributed by atoms with Crippen molar-refractivity contribution in [2.24, 2.45) is 0 Å². The van der Waals surface area contributed by atoms with E-state index in [0.717, 1.165) is 11.3 Å². The summed E-state index contributed by atoms with van der Waals surface area (Å²) in [5.74, 6) is -2.48. The van der Waals surface area contributed by atoms with E-state index >= 15 is 0 Å². The first kappa shape index (κ1) is 18.5. The number of thiophene rings is 1. The van der Waals surface area contributed by atoms with Crippen molar-refractivity contribution in [1.29, 1.82) is 0 Å². The first-order valence-electron chi connectivity index (χ1n) is 9.18. The Kier molecular flexibility index (Phi) is 3.85. The fourth-order valence-electron chi connectivity index (χ4n) is 4.43. The van der Waals surface area contributed by atoms with Crippen molar-refractivity contribution in [1.82, 2.24) is 0 Å². The highest BCUT2D eigenvalue weighted by Gasteiger charge is 2.57. The molecule has 2 aromatic carbocycles. The van der Waals surface area contributed by atoms with E-state index in [1.54, 1.807) is 37.4 Å². The Bertz CT molecular complexity index is 1250. The topological polar surface area (TPSA) is 86.7 Å². The van der Waals surface area contributed by atoms with Gasteiger partial charge in [0.1, 0.15) is 16.1 Å². The number of nitrogens with zero attached hydrogens (tertiary/aromatic N) is 1. The summed E-state index contributed by atoms with van der Waals surface area (Å²) in [6.45, 7) is 0. The number of likely N-dealkylation sites (N-methyl/N-ethyl adjacent to an activating group) is 1. The minimum absolute atomic E-state index is 0.0214. The molecule has 0 radical (unpaired) electrons. The molecule has 0 fully saturated rings. The van der Waals surface area contributed by atoms with Crippen LogP contribution in [0, 0.1) is 5.82 Å². The Morgan fingerprint density at radius 1 is 1.20 bits per heavy atom. The van der Waals surface area contributed by atoms with Gasteiger partial charge in [-0.1, -0.05) is 30.3 Å². The lowest BCUT2D eigenvalue weighted by Gasteiger charge is -2.32. The van der Waals surface area contributed by atoms with Crippen LogP contribution >= 0.6 is 11.3 Å². The number of carboxylic acids is 1. The number of hydrogen-bond acceptors (Lipinski definition) is 4. The highest BCUT2D eigenvalue weighted by Crippen LogP contribution is 2.57. The fourth-order valence-corrected chi connectivity index (χ4v) is 5.74. The standard InChI is InChI=1S/C22H15FN2O4S/c1-25-14-8-7-12(23)9-13(14)22(21(25)29)10-15(26)24-17-16(11-5-3-2-4-6-11)18(20(27)28)30-19(17)22/h2-9H,10H2,1H3,(H,24,26)(H,27,28)/t22-/m1/s1. The Morgan fingerprint density at radius 2 is 1.93 bits per heavy atom. The largest absolute Gasteiger partial charge is 0.477 e. The van der Waals surface area contributed by atoms with E-state index in [2.05, 4.69) is 5.32 Å². The molecule has 5 rings (SSSR count). The number of rotatable bonds is 2. The molecule has 150 valence electrons. The molecule has 1 aromatic heterocycles. The molecule has 6 nitrogen and oxygen atoms in total. The van der Waals surface area contributed by atoms with Gasteiger partial charge in [-0.2, -0.15) is 0 Å². The lowest BCUT2D eigenvalue weighted by atomic mass is 9.74. The van der Waals surface area contributed by atoms with Crippen molar-refractivity contribution in [3.63, 3.8) is 0 Å². The van der Waals surface area contributed by atoms with E-state index in [1.807, 2.05) is 0 Å². The Morgan fingerprint density at radius 3 is 2.63 bits per heavy atom. The number of carbonyl (C=O) groups excluding carboxylic acids is 2. The lowest BCUT2D eigenvalue weighted by molar-refractivity contribution is -0.126. The average Bonchev–Trinajstić information content (AvgIpc) is 3.20. The second-order valence-corrected chi connectivity index (χ2v) is 8.36. The number of fused-ring (bicyclic) bond motifs is 4. The van der Waals surface area contributed by atoms with Crippen LogP contribution in [0.15, 0.2) is 48.5 Å². The van der Waals surface area contributed by atoms with Gasteiger partial charge in [-0.3, -0.25) is 9.59 Å². The molecule has 0 unspecified atom stereocenters. The number of hydrogen-bond donors (Lipinski definition) is 2. The highest BCUT2D eigenvalue weighted by atomic mass is 32.1. The van der Waals surface area contributed by atoms with Crippen LogP contribution < -0.4 is 10.2 Å². The van der Waals surface area contributed by atoms with E-state index in [4.69, 9.17) is 0 Å². The predicted octanol–water partition coefficient (Wildman–Crippen LogP) is 3.86. The molecule has 2 amide bonds. The number of aromatic carboxylic acids is 1. The van der Waals surface area contributed by atoms with Crippen molar-refractivity contribution in [3.05, 3.63) is 69.7 Å². The van der Waals surface area contributed by atoms with Gasteiger partial charge in [0.05, 0.1) is 17.0 Å². The summed E-state index contributed by atoms with van der Waals surface area (Å²) in [4.78, 5) is 40.2. The van der Waals surface area contributed by atoms with Crippen LogP contribution in [0.4, 0.5) is 15.8 Å². The van der Waals surface area contributed by atoms with E-state index in [9.17, 15) is 23.9 Å². The zero-order valence-corrected chi connectivity index (χ0v) is 16.5. The summed E-state index contributed by atoms with van der Waals surface area (Å²) in [7, 11) is 1.57. The second kappa shape index (κ2) is 6.24. The van der Waals surface area contributed by atoms with Crippen LogP contribution in [0.3, 0.4) is 0 Å². The van der Waals surface area contributed by atoms with Crippen molar-refractivity contribution in [2.75, 3.05) is 17.3 Å². The molecule has 2 aliphatic rings. The third-order valence-corrected chi connectivity index (χ3v) is 7.03. The molecule has 0 saturated heterocycles. The molecular weight excluding hydrogens is 407 g/mol. The first-order valence-corrected chi connectivity index (χ1v) is 10.00. The number of carbonyl (C=O) groups is 3. The number of carboxylic acid groups (broad SMARTS) is 1. The fraction of sp³-hybridized carbons (Fsp3) is 0.136. The molecule has 2 aliphatic heterocycles. The Balaban J connectivity index is 1.88. The van der Waals surface area contributed by atoms with Crippen LogP contribution in [-0.2, 0) is 15.0 Å². The van der Waals surface area contributed by atoms with E-state index < -0.39 is 23.1 Å². The molecular formula is C22H15FN2O4S. The van der Waals surface area contributed by atoms with Crippen LogP contribution in [0.1, 0.15) is 26.5 Å². The zero-order valence-electron chi connectivity index (χ0n) is 15.7. The normalized spacial score (nSPS) is 19.6. The molecule has 3 aromatic rings. The minimum atomic E-state index is -1.45. The molecule has 0 bridgehead atoms. The molecule has 8 heteroatoms. The summed E-state index contributed by atoms with van der Waals surface area (Å²) in [5.41, 5.74) is 0.709. The molecule has 1 spiro atoms. The quantitative estimate of drug-likeness (QED) is 0.657. The van der Waals surface area contributed by atoms with Crippen molar-refractivity contribution in [2.45, 2.75) is 11.8 Å². The van der Waals surface area contributed by atoms with Gasteiger partial charge in [0.15, 0.2) is 0 Å². The number of halogens is 1. The number of anilines is 2.